The van der Waals surface area contributed by atoms with Gasteiger partial charge in [-0.1, -0.05) is 0 Å². The van der Waals surface area contributed by atoms with Gasteiger partial charge < -0.3 is 10.2 Å². The molecule has 0 radical (unpaired) electrons. The van der Waals surface area contributed by atoms with E-state index in [9.17, 15) is 9.90 Å². The van der Waals surface area contributed by atoms with Gasteiger partial charge in [0.15, 0.2) is 0 Å². The van der Waals surface area contributed by atoms with Crippen LogP contribution in [0.5, 0.6) is 0 Å². The summed E-state index contributed by atoms with van der Waals surface area (Å²) in [6, 6.07) is 0. The van der Waals surface area contributed by atoms with Crippen LogP contribution >= 0.6 is 0 Å². The first kappa shape index (κ1) is 9.97. The van der Waals surface area contributed by atoms with Gasteiger partial charge in [-0.2, -0.15) is 0 Å². The van der Waals surface area contributed by atoms with Crippen LogP contribution in [0, 0.1) is 11.3 Å². The molecule has 3 heteroatoms. The van der Waals surface area contributed by atoms with Crippen LogP contribution in [0.25, 0.3) is 0 Å². The van der Waals surface area contributed by atoms with E-state index in [1.54, 1.807) is 0 Å². The van der Waals surface area contributed by atoms with Crippen LogP contribution in [0.1, 0.15) is 44.9 Å². The van der Waals surface area contributed by atoms with Crippen molar-refractivity contribution in [2.75, 3.05) is 0 Å². The lowest BCUT2D eigenvalue weighted by Gasteiger charge is -2.50. The largest absolute Gasteiger partial charge is 0.481 e. The smallest absolute Gasteiger partial charge is 0.303 e. The summed E-state index contributed by atoms with van der Waals surface area (Å²) in [5, 5.41) is 18.3. The Balaban J connectivity index is 1.83. The number of carboxylic acid groups (broad SMARTS) is 1. The highest BCUT2D eigenvalue weighted by Crippen LogP contribution is 2.53. The first-order chi connectivity index (χ1) is 6.62. The molecule has 0 heterocycles. The molecule has 2 saturated carbocycles. The summed E-state index contributed by atoms with van der Waals surface area (Å²) in [6.45, 7) is 0. The molecule has 14 heavy (non-hydrogen) atoms. The maximum Gasteiger partial charge on any atom is 0.303 e. The number of rotatable bonds is 2. The van der Waals surface area contributed by atoms with Gasteiger partial charge in [0.25, 0.3) is 0 Å². The normalized spacial score (nSPS) is 42.1. The van der Waals surface area contributed by atoms with Crippen LogP contribution in [0.4, 0.5) is 0 Å². The zero-order valence-electron chi connectivity index (χ0n) is 8.41. The molecule has 0 bridgehead atoms. The van der Waals surface area contributed by atoms with Crippen molar-refractivity contribution in [2.24, 2.45) is 11.3 Å². The highest BCUT2D eigenvalue weighted by Gasteiger charge is 2.47. The molecule has 0 aromatic rings. The van der Waals surface area contributed by atoms with Crippen LogP contribution in [0.15, 0.2) is 0 Å². The molecule has 0 amide bonds. The molecule has 3 nitrogen and oxygen atoms in total. The predicted molar refractivity (Wildman–Crippen MR) is 51.9 cm³/mol. The van der Waals surface area contributed by atoms with Crippen molar-refractivity contribution < 1.29 is 15.0 Å². The van der Waals surface area contributed by atoms with E-state index in [0.717, 1.165) is 38.5 Å². The van der Waals surface area contributed by atoms with E-state index in [-0.39, 0.29) is 11.5 Å². The minimum atomic E-state index is -0.680. The summed E-state index contributed by atoms with van der Waals surface area (Å²) in [6.07, 6.45) is 6.35. The average Bonchev–Trinajstić information content (AvgIpc) is 2.16. The number of carbonyl (C=O) groups is 1. The van der Waals surface area contributed by atoms with E-state index in [1.165, 1.54) is 0 Å². The lowest BCUT2D eigenvalue weighted by Crippen LogP contribution is -2.47. The lowest BCUT2D eigenvalue weighted by molar-refractivity contribution is -0.139. The Morgan fingerprint density at radius 3 is 2.14 bits per heavy atom. The van der Waals surface area contributed by atoms with Crippen molar-refractivity contribution in [1.29, 1.82) is 0 Å². The van der Waals surface area contributed by atoms with Gasteiger partial charge in [-0.05, 0) is 49.9 Å². The van der Waals surface area contributed by atoms with Crippen molar-refractivity contribution >= 4 is 5.97 Å². The Morgan fingerprint density at radius 1 is 1.21 bits per heavy atom. The molecule has 0 aliphatic heterocycles. The summed E-state index contributed by atoms with van der Waals surface area (Å²) in [7, 11) is 0. The number of aliphatic hydroxyl groups excluding tert-OH is 1. The van der Waals surface area contributed by atoms with E-state index >= 15 is 0 Å². The van der Waals surface area contributed by atoms with E-state index < -0.39 is 5.97 Å². The fourth-order valence-electron chi connectivity index (χ4n) is 2.97. The molecule has 2 rings (SSSR count). The zero-order valence-corrected chi connectivity index (χ0v) is 8.41. The van der Waals surface area contributed by atoms with Crippen LogP contribution < -0.4 is 0 Å². The average molecular weight is 198 g/mol. The van der Waals surface area contributed by atoms with Crippen LogP contribution in [-0.4, -0.2) is 22.3 Å². The number of aliphatic carboxylic acids is 1. The van der Waals surface area contributed by atoms with Gasteiger partial charge in [0.2, 0.25) is 0 Å². The van der Waals surface area contributed by atoms with Crippen molar-refractivity contribution in [2.45, 2.75) is 51.0 Å². The van der Waals surface area contributed by atoms with E-state index in [1.807, 2.05) is 0 Å². The number of aliphatic hydroxyl groups is 1. The van der Waals surface area contributed by atoms with Gasteiger partial charge in [0.05, 0.1) is 6.10 Å². The van der Waals surface area contributed by atoms with Crippen LogP contribution in [0.2, 0.25) is 0 Å². The topological polar surface area (TPSA) is 57.5 Å². The lowest BCUT2D eigenvalue weighted by atomic mass is 9.57. The Hall–Kier alpha value is -0.570. The van der Waals surface area contributed by atoms with E-state index in [2.05, 4.69) is 0 Å². The highest BCUT2D eigenvalue weighted by molar-refractivity contribution is 5.67. The molecule has 0 aromatic heterocycles. The summed E-state index contributed by atoms with van der Waals surface area (Å²) >= 11 is 0. The summed E-state index contributed by atoms with van der Waals surface area (Å²) in [4.78, 5) is 10.5. The van der Waals surface area contributed by atoms with Crippen LogP contribution in [-0.2, 0) is 4.79 Å². The molecular formula is C11H18O3. The first-order valence-corrected chi connectivity index (χ1v) is 5.52. The Bertz CT molecular complexity index is 229. The molecule has 0 saturated heterocycles. The summed E-state index contributed by atoms with van der Waals surface area (Å²) in [5.74, 6) is -0.328. The monoisotopic (exact) mass is 198 g/mol. The third-order valence-electron chi connectivity index (χ3n) is 4.19. The molecule has 1 atom stereocenters. The van der Waals surface area contributed by atoms with E-state index in [0.29, 0.717) is 12.3 Å². The summed E-state index contributed by atoms with van der Waals surface area (Å²) in [5.41, 5.74) is 0.189. The second-order valence-electron chi connectivity index (χ2n) is 4.96. The van der Waals surface area contributed by atoms with Crippen molar-refractivity contribution in [3.8, 4) is 0 Å². The van der Waals surface area contributed by atoms with Gasteiger partial charge >= 0.3 is 5.97 Å². The minimum absolute atomic E-state index is 0.103. The fraction of sp³-hybridized carbons (Fsp3) is 0.909. The maximum atomic E-state index is 10.5. The molecule has 1 unspecified atom stereocenters. The summed E-state index contributed by atoms with van der Waals surface area (Å²) < 4.78 is 0. The molecule has 1 spiro atoms. The predicted octanol–water partition coefficient (Wildman–Crippen LogP) is 1.79. The van der Waals surface area contributed by atoms with Crippen molar-refractivity contribution in [3.63, 3.8) is 0 Å². The molecule has 2 N–H and O–H groups in total. The third kappa shape index (κ3) is 1.65. The number of hydrogen-bond donors (Lipinski definition) is 2. The van der Waals surface area contributed by atoms with Gasteiger partial charge in [0, 0.05) is 6.42 Å². The molecule has 2 aliphatic carbocycles. The molecule has 80 valence electrons. The molecular weight excluding hydrogens is 180 g/mol. The highest BCUT2D eigenvalue weighted by atomic mass is 16.4. The number of carboxylic acids is 1. The van der Waals surface area contributed by atoms with E-state index in [4.69, 9.17) is 5.11 Å². The first-order valence-electron chi connectivity index (χ1n) is 5.52. The second-order valence-corrected chi connectivity index (χ2v) is 4.96. The maximum absolute atomic E-state index is 10.5. The van der Waals surface area contributed by atoms with Crippen LogP contribution in [0.3, 0.4) is 0 Å². The Morgan fingerprint density at radius 2 is 1.79 bits per heavy atom. The Kier molecular flexibility index (Phi) is 2.52. The standard InChI is InChI=1S/C11H18O3/c12-9-3-6-11(9)4-1-8(2-5-11)7-10(13)14/h8-9,12H,1-7H2,(H,13,14). The third-order valence-corrected chi connectivity index (χ3v) is 4.19. The van der Waals surface area contributed by atoms with Crippen molar-refractivity contribution in [1.82, 2.24) is 0 Å². The zero-order chi connectivity index (χ0) is 10.2. The fourth-order valence-corrected chi connectivity index (χ4v) is 2.97. The van der Waals surface area contributed by atoms with Gasteiger partial charge in [-0.15, -0.1) is 0 Å². The van der Waals surface area contributed by atoms with Gasteiger partial charge in [-0.25, -0.2) is 0 Å². The van der Waals surface area contributed by atoms with Gasteiger partial charge in [0.1, 0.15) is 0 Å². The minimum Gasteiger partial charge on any atom is -0.481 e. The molecule has 0 aromatic carbocycles. The molecule has 2 fully saturated rings. The quantitative estimate of drug-likeness (QED) is 0.711. The molecule has 2 aliphatic rings. The second kappa shape index (κ2) is 3.54. The Labute approximate surface area is 84.1 Å². The number of hydrogen-bond acceptors (Lipinski definition) is 2. The van der Waals surface area contributed by atoms with Gasteiger partial charge in [-0.3, -0.25) is 4.79 Å². The SMILES string of the molecule is O=C(O)CC1CCC2(CC1)CCC2O. The van der Waals surface area contributed by atoms with Crippen molar-refractivity contribution in [3.05, 3.63) is 0 Å².